The molecule has 7 heteroatoms. The van der Waals surface area contributed by atoms with Crippen LogP contribution in [-0.4, -0.2) is 50.0 Å². The second-order valence-electron chi connectivity index (χ2n) is 8.24. The minimum atomic E-state index is 0.175. The first kappa shape index (κ1) is 17.2. The van der Waals surface area contributed by atoms with Gasteiger partial charge in [0, 0.05) is 49.2 Å². The number of phenols is 1. The first-order chi connectivity index (χ1) is 13.5. The number of aromatic nitrogens is 4. The Labute approximate surface area is 164 Å². The molecule has 7 nitrogen and oxygen atoms in total. The van der Waals surface area contributed by atoms with Crippen molar-refractivity contribution in [2.24, 2.45) is 5.92 Å². The maximum atomic E-state index is 10.5. The van der Waals surface area contributed by atoms with Crippen LogP contribution in [0.25, 0.3) is 16.9 Å². The molecule has 1 aliphatic carbocycles. The topological polar surface area (TPSA) is 79.1 Å². The average molecular weight is 376 g/mol. The summed E-state index contributed by atoms with van der Waals surface area (Å²) in [6.45, 7) is 3.39. The lowest BCUT2D eigenvalue weighted by Crippen LogP contribution is -2.47. The Morgan fingerprint density at radius 3 is 2.71 bits per heavy atom. The number of hydrogen-bond donors (Lipinski definition) is 2. The highest BCUT2D eigenvalue weighted by Crippen LogP contribution is 2.42. The molecule has 3 aromatic rings. The Bertz CT molecular complexity index is 987. The largest absolute Gasteiger partial charge is 0.507 e. The van der Waals surface area contributed by atoms with Crippen LogP contribution >= 0.6 is 0 Å². The van der Waals surface area contributed by atoms with Crippen molar-refractivity contribution >= 4 is 5.82 Å². The van der Waals surface area contributed by atoms with Gasteiger partial charge < -0.3 is 19.9 Å². The third kappa shape index (κ3) is 2.82. The van der Waals surface area contributed by atoms with Gasteiger partial charge in [0.05, 0.1) is 17.7 Å². The summed E-state index contributed by atoms with van der Waals surface area (Å²) in [4.78, 5) is 6.30. The molecular formula is C21H24N6O. The van der Waals surface area contributed by atoms with E-state index in [2.05, 4.69) is 39.4 Å². The van der Waals surface area contributed by atoms with Crippen molar-refractivity contribution in [2.45, 2.75) is 31.3 Å². The number of imidazole rings is 1. The first-order valence-corrected chi connectivity index (χ1v) is 9.66. The summed E-state index contributed by atoms with van der Waals surface area (Å²) in [6, 6.07) is 9.92. The number of hydrogen-bond acceptors (Lipinski definition) is 6. The van der Waals surface area contributed by atoms with Crippen molar-refractivity contribution in [1.29, 1.82) is 0 Å². The summed E-state index contributed by atoms with van der Waals surface area (Å²) in [6.07, 6.45) is 7.60. The molecule has 3 atom stereocenters. The molecule has 1 saturated carbocycles. The van der Waals surface area contributed by atoms with Crippen LogP contribution in [0.5, 0.6) is 5.75 Å². The number of nitrogens with zero attached hydrogens (tertiary/aromatic N) is 5. The molecule has 1 aromatic carbocycles. The highest BCUT2D eigenvalue weighted by Gasteiger charge is 2.49. The van der Waals surface area contributed by atoms with Crippen molar-refractivity contribution in [3.63, 3.8) is 0 Å². The maximum Gasteiger partial charge on any atom is 0.151 e. The van der Waals surface area contributed by atoms with Crippen molar-refractivity contribution in [3.8, 4) is 22.7 Å². The van der Waals surface area contributed by atoms with E-state index in [1.165, 1.54) is 6.42 Å². The fraction of sp³-hybridized carbons (Fsp3) is 0.381. The monoisotopic (exact) mass is 376 g/mol. The summed E-state index contributed by atoms with van der Waals surface area (Å²) in [5.74, 6) is 1.71. The van der Waals surface area contributed by atoms with Gasteiger partial charge in [0.15, 0.2) is 5.82 Å². The van der Waals surface area contributed by atoms with Crippen LogP contribution in [0, 0.1) is 5.92 Å². The molecule has 2 N–H and O–H groups in total. The van der Waals surface area contributed by atoms with Gasteiger partial charge in [-0.2, -0.15) is 0 Å². The van der Waals surface area contributed by atoms with Crippen molar-refractivity contribution in [1.82, 2.24) is 25.1 Å². The van der Waals surface area contributed by atoms with Crippen molar-refractivity contribution < 1.29 is 5.11 Å². The Kier molecular flexibility index (Phi) is 3.87. The molecule has 3 heterocycles. The molecule has 144 valence electrons. The van der Waals surface area contributed by atoms with Gasteiger partial charge in [-0.25, -0.2) is 4.98 Å². The normalized spacial score (nSPS) is 25.9. The van der Waals surface area contributed by atoms with Crippen LogP contribution in [0.15, 0.2) is 49.1 Å². The van der Waals surface area contributed by atoms with E-state index >= 15 is 0 Å². The molecule has 2 bridgehead atoms. The minimum absolute atomic E-state index is 0.175. The van der Waals surface area contributed by atoms with E-state index in [1.807, 2.05) is 35.0 Å². The van der Waals surface area contributed by atoms with Gasteiger partial charge in [-0.15, -0.1) is 10.2 Å². The summed E-state index contributed by atoms with van der Waals surface area (Å²) in [5, 5.41) is 22.9. The number of piperidine rings is 1. The minimum Gasteiger partial charge on any atom is -0.507 e. The molecule has 0 radical (unpaired) electrons. The lowest BCUT2D eigenvalue weighted by atomic mass is 9.99. The molecule has 5 rings (SSSR count). The number of benzene rings is 1. The van der Waals surface area contributed by atoms with Gasteiger partial charge in [0.1, 0.15) is 5.75 Å². The SMILES string of the molecule is CN(c1ccc(-c2ccc(-n3ccnc3)cc2O)nn1)[C@H]1C[C@@]2(C)C[C@@H]1CN2. The quantitative estimate of drug-likeness (QED) is 0.729. The Hall–Kier alpha value is -2.93. The van der Waals surface area contributed by atoms with Crippen LogP contribution in [0.3, 0.4) is 0 Å². The number of anilines is 1. The van der Waals surface area contributed by atoms with Gasteiger partial charge in [0.2, 0.25) is 0 Å². The molecule has 0 spiro atoms. The predicted octanol–water partition coefficient (Wildman–Crippen LogP) is 2.61. The second-order valence-corrected chi connectivity index (χ2v) is 8.24. The Balaban J connectivity index is 1.37. The lowest BCUT2D eigenvalue weighted by molar-refractivity contribution is 0.356. The second kappa shape index (κ2) is 6.31. The van der Waals surface area contributed by atoms with Gasteiger partial charge in [0.25, 0.3) is 0 Å². The number of phenolic OH excluding ortho intramolecular Hbond substituents is 1. The van der Waals surface area contributed by atoms with Crippen LogP contribution in [0.4, 0.5) is 5.82 Å². The zero-order valence-electron chi connectivity index (χ0n) is 16.1. The highest BCUT2D eigenvalue weighted by atomic mass is 16.3. The zero-order valence-corrected chi connectivity index (χ0v) is 16.1. The standard InChI is InChI=1S/C21H24N6O/c1-21-10-14(12-23-21)18(11-21)26(2)20-6-5-17(24-25-20)16-4-3-15(9-19(16)28)27-8-7-22-13-27/h3-9,13-14,18,23,28H,10-12H2,1-2H3/t14-,18+,21-/m1/s1. The van der Waals surface area contributed by atoms with Crippen molar-refractivity contribution in [2.75, 3.05) is 18.5 Å². The van der Waals surface area contributed by atoms with Crippen LogP contribution in [0.2, 0.25) is 0 Å². The van der Waals surface area contributed by atoms with E-state index in [1.54, 1.807) is 18.6 Å². The molecule has 28 heavy (non-hydrogen) atoms. The molecule has 2 fully saturated rings. The van der Waals surface area contributed by atoms with E-state index < -0.39 is 0 Å². The van der Waals surface area contributed by atoms with Gasteiger partial charge >= 0.3 is 0 Å². The lowest BCUT2D eigenvalue weighted by Gasteiger charge is -2.34. The Morgan fingerprint density at radius 1 is 1.21 bits per heavy atom. The maximum absolute atomic E-state index is 10.5. The van der Waals surface area contributed by atoms with Crippen molar-refractivity contribution in [3.05, 3.63) is 49.1 Å². The van der Waals surface area contributed by atoms with Crippen LogP contribution in [0.1, 0.15) is 19.8 Å². The summed E-state index contributed by atoms with van der Waals surface area (Å²) in [7, 11) is 2.11. The zero-order chi connectivity index (χ0) is 19.3. The number of aromatic hydroxyl groups is 1. The number of nitrogens with one attached hydrogen (secondary N) is 1. The van der Waals surface area contributed by atoms with E-state index in [4.69, 9.17) is 0 Å². The molecule has 1 aliphatic heterocycles. The smallest absolute Gasteiger partial charge is 0.151 e. The molecule has 2 aromatic heterocycles. The third-order valence-electron chi connectivity index (χ3n) is 6.28. The summed E-state index contributed by atoms with van der Waals surface area (Å²) < 4.78 is 1.85. The fourth-order valence-corrected chi connectivity index (χ4v) is 4.75. The van der Waals surface area contributed by atoms with E-state index in [-0.39, 0.29) is 11.3 Å². The predicted molar refractivity (Wildman–Crippen MR) is 108 cm³/mol. The van der Waals surface area contributed by atoms with E-state index in [0.717, 1.165) is 24.5 Å². The molecule has 0 unspecified atom stereocenters. The fourth-order valence-electron chi connectivity index (χ4n) is 4.75. The van der Waals surface area contributed by atoms with Crippen LogP contribution in [-0.2, 0) is 0 Å². The van der Waals surface area contributed by atoms with E-state index in [0.29, 0.717) is 23.2 Å². The molecule has 1 saturated heterocycles. The average Bonchev–Trinajstić information content (AvgIpc) is 3.43. The van der Waals surface area contributed by atoms with Gasteiger partial charge in [-0.3, -0.25) is 0 Å². The molecule has 0 amide bonds. The Morgan fingerprint density at radius 2 is 2.11 bits per heavy atom. The van der Waals surface area contributed by atoms with Gasteiger partial charge in [-0.1, -0.05) is 0 Å². The summed E-state index contributed by atoms with van der Waals surface area (Å²) in [5.41, 5.74) is 2.44. The van der Waals surface area contributed by atoms with Gasteiger partial charge in [-0.05, 0) is 49.9 Å². The van der Waals surface area contributed by atoms with E-state index in [9.17, 15) is 5.11 Å². The first-order valence-electron chi connectivity index (χ1n) is 9.66. The highest BCUT2D eigenvalue weighted by molar-refractivity contribution is 5.69. The number of rotatable bonds is 4. The van der Waals surface area contributed by atoms with Crippen LogP contribution < -0.4 is 10.2 Å². The third-order valence-corrected chi connectivity index (χ3v) is 6.28. The molecular weight excluding hydrogens is 352 g/mol. The summed E-state index contributed by atoms with van der Waals surface area (Å²) >= 11 is 0. The number of fused-ring (bicyclic) bond motifs is 2. The molecule has 2 aliphatic rings.